The first kappa shape index (κ1) is 30.3. The third-order valence-electron chi connectivity index (χ3n) is 6.33. The number of aliphatic hydroxyl groups is 1. The lowest BCUT2D eigenvalue weighted by Crippen LogP contribution is -2.40. The lowest BCUT2D eigenvalue weighted by Gasteiger charge is -2.25. The van der Waals surface area contributed by atoms with Crippen LogP contribution in [0.15, 0.2) is 55.6 Å². The smallest absolute Gasteiger partial charge is 0.453 e. The number of ether oxygens (including phenoxy) is 2. The molecule has 14 nitrogen and oxygen atoms in total. The molecule has 0 amide bonds. The monoisotopic (exact) mass is 588 g/mol. The lowest BCUT2D eigenvalue weighted by molar-refractivity contribution is -0.155. The number of nitrogens with zero attached hydrogens (tertiary/aromatic N) is 4. The molecule has 1 aromatic carbocycles. The molecule has 4 N–H and O–H groups in total. The minimum absolute atomic E-state index is 0.157. The number of esters is 1. The van der Waals surface area contributed by atoms with Crippen LogP contribution in [-0.4, -0.2) is 67.3 Å². The summed E-state index contributed by atoms with van der Waals surface area (Å²) in [6.45, 7) is 8.06. The quantitative estimate of drug-likeness (QED) is 0.150. The highest BCUT2D eigenvalue weighted by molar-refractivity contribution is 7.52. The number of nitrogen functional groups attached to an aromatic ring is 1. The lowest BCUT2D eigenvalue weighted by atomic mass is 10.1. The minimum Gasteiger partial charge on any atom is -0.453 e. The molecule has 0 saturated carbocycles. The van der Waals surface area contributed by atoms with Gasteiger partial charge in [-0.25, -0.2) is 24.3 Å². The number of nitrogens with one attached hydrogen (secondary N) is 1. The topological polar surface area (TPSA) is 190 Å². The van der Waals surface area contributed by atoms with Crippen molar-refractivity contribution in [1.29, 1.82) is 0 Å². The van der Waals surface area contributed by atoms with E-state index in [9.17, 15) is 19.3 Å². The normalized spacial score (nSPS) is 21.7. The molecular formula is C26H33N6O8P. The fourth-order valence-corrected chi connectivity index (χ4v) is 5.62. The number of Topliss-reactive ketones (excluding diaryl/α,β-unsaturated/α-hetero) is 1. The Labute approximate surface area is 236 Å². The Balaban J connectivity index is 1.48. The molecule has 1 aliphatic heterocycles. The number of aliphatic hydroxyl groups excluding tert-OH is 1. The first-order valence-electron chi connectivity index (χ1n) is 12.9. The van der Waals surface area contributed by atoms with Gasteiger partial charge < -0.3 is 24.8 Å². The number of anilines is 1. The van der Waals surface area contributed by atoms with E-state index >= 15 is 0 Å². The first-order valence-corrected chi connectivity index (χ1v) is 14.5. The van der Waals surface area contributed by atoms with Gasteiger partial charge in [-0.05, 0) is 19.1 Å². The van der Waals surface area contributed by atoms with E-state index in [2.05, 4.69) is 26.6 Å². The van der Waals surface area contributed by atoms with E-state index in [-0.39, 0.29) is 36.3 Å². The van der Waals surface area contributed by atoms with Crippen LogP contribution in [-0.2, 0) is 28.2 Å². The second-order valence-corrected chi connectivity index (χ2v) is 11.4. The third kappa shape index (κ3) is 7.16. The molecule has 15 heteroatoms. The van der Waals surface area contributed by atoms with Crippen molar-refractivity contribution in [3.8, 4) is 5.75 Å². The van der Waals surface area contributed by atoms with E-state index in [1.54, 1.807) is 48.7 Å². The standard InChI is InChI=1S/C26H33N6O8P/c1-5-18(26(35)38-16(4)23(34)15(2)3)31-41(36,40-17-9-7-6-8-10-17)37-12-20-19(33)11-21(39-20)32-14-30-22-24(27)28-13-29-25(22)32/h5-10,13-16,18-21,33H,1,11-12H2,2-4H3,(H,31,36)(H2,27,28,29)/t16-,18-,19-,20+,21+,41-/m0/s1. The van der Waals surface area contributed by atoms with Gasteiger partial charge >= 0.3 is 13.7 Å². The van der Waals surface area contributed by atoms with Gasteiger partial charge in [-0.2, -0.15) is 5.09 Å². The van der Waals surface area contributed by atoms with E-state index in [0.717, 1.165) is 6.08 Å². The molecule has 6 atom stereocenters. The fraction of sp³-hybridized carbons (Fsp3) is 0.423. The van der Waals surface area contributed by atoms with Gasteiger partial charge in [-0.15, -0.1) is 6.58 Å². The van der Waals surface area contributed by atoms with Crippen molar-refractivity contribution in [2.75, 3.05) is 12.3 Å². The maximum absolute atomic E-state index is 13.9. The summed E-state index contributed by atoms with van der Waals surface area (Å²) in [7, 11) is -4.31. The zero-order valence-electron chi connectivity index (χ0n) is 22.8. The van der Waals surface area contributed by atoms with Gasteiger partial charge in [0.05, 0.1) is 19.0 Å². The van der Waals surface area contributed by atoms with Crippen LogP contribution in [0.25, 0.3) is 11.2 Å². The van der Waals surface area contributed by atoms with Gasteiger partial charge in [0.25, 0.3) is 0 Å². The summed E-state index contributed by atoms with van der Waals surface area (Å²) < 4.78 is 38.1. The highest BCUT2D eigenvalue weighted by Crippen LogP contribution is 2.46. The highest BCUT2D eigenvalue weighted by Gasteiger charge is 2.40. The zero-order chi connectivity index (χ0) is 29.7. The molecule has 220 valence electrons. The number of carbonyl (C=O) groups is 2. The average Bonchev–Trinajstić information content (AvgIpc) is 3.54. The summed E-state index contributed by atoms with van der Waals surface area (Å²) in [5.41, 5.74) is 6.68. The van der Waals surface area contributed by atoms with E-state index < -0.39 is 44.3 Å². The summed E-state index contributed by atoms with van der Waals surface area (Å²) in [6.07, 6.45) is 0.460. The minimum atomic E-state index is -4.31. The average molecular weight is 589 g/mol. The Hall–Kier alpha value is -3.68. The van der Waals surface area contributed by atoms with Gasteiger partial charge in [0.2, 0.25) is 0 Å². The highest BCUT2D eigenvalue weighted by atomic mass is 31.2. The maximum atomic E-state index is 13.9. The van der Waals surface area contributed by atoms with Gasteiger partial charge in [0.1, 0.15) is 36.0 Å². The van der Waals surface area contributed by atoms with Crippen LogP contribution in [0.3, 0.4) is 0 Å². The Morgan fingerprint density at radius 1 is 1.27 bits per heavy atom. The molecule has 3 heterocycles. The van der Waals surface area contributed by atoms with Crippen molar-refractivity contribution in [2.45, 2.75) is 57.8 Å². The van der Waals surface area contributed by atoms with Crippen LogP contribution in [0, 0.1) is 5.92 Å². The van der Waals surface area contributed by atoms with Crippen LogP contribution in [0.1, 0.15) is 33.4 Å². The second kappa shape index (κ2) is 12.9. The van der Waals surface area contributed by atoms with Crippen LogP contribution in [0.2, 0.25) is 0 Å². The molecular weight excluding hydrogens is 555 g/mol. The van der Waals surface area contributed by atoms with Crippen molar-refractivity contribution in [2.24, 2.45) is 5.92 Å². The molecule has 1 saturated heterocycles. The number of rotatable bonds is 13. The predicted octanol–water partition coefficient (Wildman–Crippen LogP) is 2.56. The van der Waals surface area contributed by atoms with Crippen LogP contribution >= 0.6 is 7.75 Å². The maximum Gasteiger partial charge on any atom is 0.459 e. The number of fused-ring (bicyclic) bond motifs is 1. The predicted molar refractivity (Wildman–Crippen MR) is 147 cm³/mol. The zero-order valence-corrected chi connectivity index (χ0v) is 23.7. The van der Waals surface area contributed by atoms with Gasteiger partial charge in [0, 0.05) is 12.3 Å². The van der Waals surface area contributed by atoms with Gasteiger partial charge in [-0.1, -0.05) is 38.1 Å². The third-order valence-corrected chi connectivity index (χ3v) is 7.86. The summed E-state index contributed by atoms with van der Waals surface area (Å²) in [5.74, 6) is -1.13. The molecule has 1 fully saturated rings. The van der Waals surface area contributed by atoms with Gasteiger partial charge in [-0.3, -0.25) is 13.9 Å². The van der Waals surface area contributed by atoms with Crippen molar-refractivity contribution in [1.82, 2.24) is 24.6 Å². The Bertz CT molecular complexity index is 1430. The molecule has 0 unspecified atom stereocenters. The molecule has 2 aromatic heterocycles. The Kier molecular flexibility index (Phi) is 9.51. The summed E-state index contributed by atoms with van der Waals surface area (Å²) in [5, 5.41) is 13.2. The largest absolute Gasteiger partial charge is 0.459 e. The second-order valence-electron chi connectivity index (χ2n) is 9.69. The SMILES string of the molecule is C=C[C@H](N[P@](=O)(OC[C@H]1O[C@@H](n2cnc3c(N)ncnc32)C[C@@H]1O)Oc1ccccc1)C(=O)O[C@@H](C)C(=O)C(C)C. The number of para-hydroxylation sites is 1. The summed E-state index contributed by atoms with van der Waals surface area (Å²) in [6, 6.07) is 6.83. The molecule has 41 heavy (non-hydrogen) atoms. The number of imidazole rings is 1. The van der Waals surface area contributed by atoms with E-state index in [0.29, 0.717) is 11.2 Å². The van der Waals surface area contributed by atoms with Crippen LogP contribution in [0.4, 0.5) is 5.82 Å². The van der Waals surface area contributed by atoms with Crippen molar-refractivity contribution < 1.29 is 37.8 Å². The Morgan fingerprint density at radius 3 is 2.68 bits per heavy atom. The van der Waals surface area contributed by atoms with Crippen molar-refractivity contribution >= 4 is 36.5 Å². The Morgan fingerprint density at radius 2 is 2.00 bits per heavy atom. The van der Waals surface area contributed by atoms with E-state index in [4.69, 9.17) is 24.3 Å². The number of aromatic nitrogens is 4. The van der Waals surface area contributed by atoms with E-state index in [1.165, 1.54) is 19.6 Å². The molecule has 0 spiro atoms. The molecule has 3 aromatic rings. The number of benzene rings is 1. The fourth-order valence-electron chi connectivity index (χ4n) is 4.15. The number of ketones is 1. The number of hydrogen-bond acceptors (Lipinski definition) is 12. The summed E-state index contributed by atoms with van der Waals surface area (Å²) in [4.78, 5) is 37.4. The van der Waals surface area contributed by atoms with Crippen molar-refractivity contribution in [3.63, 3.8) is 0 Å². The van der Waals surface area contributed by atoms with Crippen LogP contribution < -0.4 is 15.3 Å². The molecule has 1 aliphatic rings. The molecule has 0 radical (unpaired) electrons. The molecule has 4 rings (SSSR count). The van der Waals surface area contributed by atoms with E-state index in [1.807, 2.05) is 0 Å². The first-order chi connectivity index (χ1) is 19.5. The number of hydrogen-bond donors (Lipinski definition) is 3. The molecule has 0 aliphatic carbocycles. The van der Waals surface area contributed by atoms with Crippen molar-refractivity contribution in [3.05, 3.63) is 55.6 Å². The summed E-state index contributed by atoms with van der Waals surface area (Å²) >= 11 is 0. The molecule has 0 bridgehead atoms. The number of nitrogens with two attached hydrogens (primary N) is 1. The van der Waals surface area contributed by atoms with Crippen LogP contribution in [0.5, 0.6) is 5.75 Å². The van der Waals surface area contributed by atoms with Gasteiger partial charge in [0.15, 0.2) is 23.4 Å². The number of carbonyl (C=O) groups excluding carboxylic acids is 2.